The van der Waals surface area contributed by atoms with E-state index >= 15 is 0 Å². The third-order valence-electron chi connectivity index (χ3n) is 4.79. The average molecular weight is 328 g/mol. The van der Waals surface area contributed by atoms with E-state index in [0.29, 0.717) is 17.6 Å². The number of hydrogen-bond acceptors (Lipinski definition) is 3. The molecule has 0 bridgehead atoms. The second kappa shape index (κ2) is 8.09. The Bertz CT molecular complexity index is 619. The lowest BCUT2D eigenvalue weighted by atomic mass is 9.85. The van der Waals surface area contributed by atoms with Crippen LogP contribution in [0.15, 0.2) is 36.4 Å². The van der Waals surface area contributed by atoms with Crippen LogP contribution in [-0.4, -0.2) is 19.3 Å². The van der Waals surface area contributed by atoms with Crippen molar-refractivity contribution in [1.82, 2.24) is 0 Å². The SMILES string of the molecule is COc1ccc(CC(C)C(C)Cc2ccc(OC)c(O)c2)cc1C. The fraction of sp³-hybridized carbons (Fsp3) is 0.429. The smallest absolute Gasteiger partial charge is 0.160 e. The summed E-state index contributed by atoms with van der Waals surface area (Å²) in [5.74, 6) is 2.73. The van der Waals surface area contributed by atoms with Crippen LogP contribution in [0, 0.1) is 18.8 Å². The van der Waals surface area contributed by atoms with Crippen LogP contribution < -0.4 is 9.47 Å². The number of benzene rings is 2. The third kappa shape index (κ3) is 4.44. The van der Waals surface area contributed by atoms with Gasteiger partial charge in [-0.2, -0.15) is 0 Å². The van der Waals surface area contributed by atoms with E-state index in [1.807, 2.05) is 18.2 Å². The van der Waals surface area contributed by atoms with Crippen LogP contribution in [0.4, 0.5) is 0 Å². The van der Waals surface area contributed by atoms with Gasteiger partial charge in [0.25, 0.3) is 0 Å². The molecule has 2 aromatic carbocycles. The first-order valence-electron chi connectivity index (χ1n) is 8.44. The number of phenols is 1. The monoisotopic (exact) mass is 328 g/mol. The van der Waals surface area contributed by atoms with Gasteiger partial charge in [0, 0.05) is 0 Å². The Labute approximate surface area is 145 Å². The number of aryl methyl sites for hydroxylation is 1. The maximum atomic E-state index is 9.92. The van der Waals surface area contributed by atoms with Crippen molar-refractivity contribution in [2.75, 3.05) is 14.2 Å². The Morgan fingerprint density at radius 1 is 0.833 bits per heavy atom. The molecule has 0 aliphatic heterocycles. The predicted octanol–water partition coefficient (Wildman–Crippen LogP) is 4.78. The molecule has 0 saturated carbocycles. The van der Waals surface area contributed by atoms with Gasteiger partial charge in [0.05, 0.1) is 14.2 Å². The van der Waals surface area contributed by atoms with Crippen molar-refractivity contribution < 1.29 is 14.6 Å². The Balaban J connectivity index is 2.00. The zero-order chi connectivity index (χ0) is 17.7. The van der Waals surface area contributed by atoms with Gasteiger partial charge in [0.1, 0.15) is 5.75 Å². The van der Waals surface area contributed by atoms with Crippen molar-refractivity contribution in [3.8, 4) is 17.2 Å². The minimum atomic E-state index is 0.209. The van der Waals surface area contributed by atoms with Gasteiger partial charge < -0.3 is 14.6 Å². The molecule has 24 heavy (non-hydrogen) atoms. The number of rotatable bonds is 7. The maximum absolute atomic E-state index is 9.92. The number of ether oxygens (including phenoxy) is 2. The maximum Gasteiger partial charge on any atom is 0.160 e. The number of phenolic OH excluding ortho intramolecular Hbond substituents is 1. The van der Waals surface area contributed by atoms with Gasteiger partial charge in [0.15, 0.2) is 11.5 Å². The van der Waals surface area contributed by atoms with Crippen molar-refractivity contribution in [3.63, 3.8) is 0 Å². The first-order chi connectivity index (χ1) is 11.4. The molecule has 2 rings (SSSR count). The molecule has 1 N–H and O–H groups in total. The van der Waals surface area contributed by atoms with Crippen LogP contribution in [0.3, 0.4) is 0 Å². The molecule has 0 heterocycles. The summed E-state index contributed by atoms with van der Waals surface area (Å²) >= 11 is 0. The van der Waals surface area contributed by atoms with Gasteiger partial charge in [-0.3, -0.25) is 0 Å². The van der Waals surface area contributed by atoms with E-state index < -0.39 is 0 Å². The Hall–Kier alpha value is -2.16. The second-order valence-electron chi connectivity index (χ2n) is 6.67. The van der Waals surface area contributed by atoms with Gasteiger partial charge in [-0.25, -0.2) is 0 Å². The molecule has 2 aromatic rings. The summed E-state index contributed by atoms with van der Waals surface area (Å²) < 4.78 is 10.4. The largest absolute Gasteiger partial charge is 0.504 e. The quantitative estimate of drug-likeness (QED) is 0.795. The van der Waals surface area contributed by atoms with Crippen LogP contribution in [0.25, 0.3) is 0 Å². The second-order valence-corrected chi connectivity index (χ2v) is 6.67. The van der Waals surface area contributed by atoms with Crippen molar-refractivity contribution in [1.29, 1.82) is 0 Å². The third-order valence-corrected chi connectivity index (χ3v) is 4.79. The highest BCUT2D eigenvalue weighted by molar-refractivity contribution is 5.41. The molecule has 0 saturated heterocycles. The first-order valence-corrected chi connectivity index (χ1v) is 8.44. The Morgan fingerprint density at radius 3 is 1.79 bits per heavy atom. The molecule has 2 atom stereocenters. The minimum absolute atomic E-state index is 0.209. The van der Waals surface area contributed by atoms with E-state index in [4.69, 9.17) is 9.47 Å². The van der Waals surface area contributed by atoms with Gasteiger partial charge >= 0.3 is 0 Å². The summed E-state index contributed by atoms with van der Waals surface area (Å²) in [5.41, 5.74) is 3.65. The van der Waals surface area contributed by atoms with Crippen LogP contribution in [0.2, 0.25) is 0 Å². The van der Waals surface area contributed by atoms with E-state index in [9.17, 15) is 5.11 Å². The van der Waals surface area contributed by atoms with Crippen LogP contribution >= 0.6 is 0 Å². The van der Waals surface area contributed by atoms with Crippen LogP contribution in [-0.2, 0) is 12.8 Å². The van der Waals surface area contributed by atoms with E-state index in [1.165, 1.54) is 11.1 Å². The van der Waals surface area contributed by atoms with Gasteiger partial charge in [-0.05, 0) is 66.5 Å². The zero-order valence-electron chi connectivity index (χ0n) is 15.3. The molecule has 0 aliphatic rings. The first kappa shape index (κ1) is 18.2. The molecular weight excluding hydrogens is 300 g/mol. The highest BCUT2D eigenvalue weighted by Gasteiger charge is 2.15. The standard InChI is InChI=1S/C21H28O3/c1-14(10-17-6-8-20(23-4)16(3)12-17)15(2)11-18-7-9-21(24-5)19(22)13-18/h6-9,12-15,22H,10-11H2,1-5H3. The van der Waals surface area contributed by atoms with Gasteiger partial charge in [0.2, 0.25) is 0 Å². The van der Waals surface area contributed by atoms with Gasteiger partial charge in [-0.1, -0.05) is 32.0 Å². The Morgan fingerprint density at radius 2 is 1.33 bits per heavy atom. The number of hydrogen-bond donors (Lipinski definition) is 1. The number of aromatic hydroxyl groups is 1. The van der Waals surface area contributed by atoms with Crippen LogP contribution in [0.1, 0.15) is 30.5 Å². The van der Waals surface area contributed by atoms with Gasteiger partial charge in [-0.15, -0.1) is 0 Å². The fourth-order valence-corrected chi connectivity index (χ4v) is 3.08. The van der Waals surface area contributed by atoms with E-state index in [2.05, 4.69) is 32.9 Å². The molecule has 3 heteroatoms. The summed E-state index contributed by atoms with van der Waals surface area (Å²) in [6.45, 7) is 6.63. The lowest BCUT2D eigenvalue weighted by Gasteiger charge is -2.21. The summed E-state index contributed by atoms with van der Waals surface area (Å²) in [6.07, 6.45) is 1.97. The molecule has 0 amide bonds. The summed E-state index contributed by atoms with van der Waals surface area (Å²) in [7, 11) is 3.27. The van der Waals surface area contributed by atoms with Crippen molar-refractivity contribution >= 4 is 0 Å². The number of methoxy groups -OCH3 is 2. The molecule has 0 spiro atoms. The molecule has 2 unspecified atom stereocenters. The van der Waals surface area contributed by atoms with E-state index in [1.54, 1.807) is 20.3 Å². The van der Waals surface area contributed by atoms with E-state index in [-0.39, 0.29) is 5.75 Å². The average Bonchev–Trinajstić information content (AvgIpc) is 2.55. The minimum Gasteiger partial charge on any atom is -0.504 e. The Kier molecular flexibility index (Phi) is 6.13. The molecule has 0 aliphatic carbocycles. The van der Waals surface area contributed by atoms with E-state index in [0.717, 1.165) is 24.2 Å². The molecule has 3 nitrogen and oxygen atoms in total. The van der Waals surface area contributed by atoms with Crippen molar-refractivity contribution in [3.05, 3.63) is 53.1 Å². The summed E-state index contributed by atoms with van der Waals surface area (Å²) in [4.78, 5) is 0. The molecule has 130 valence electrons. The highest BCUT2D eigenvalue weighted by atomic mass is 16.5. The summed E-state index contributed by atoms with van der Waals surface area (Å²) in [5, 5.41) is 9.92. The molecule has 0 fully saturated rings. The molecule has 0 aromatic heterocycles. The fourth-order valence-electron chi connectivity index (χ4n) is 3.08. The topological polar surface area (TPSA) is 38.7 Å². The van der Waals surface area contributed by atoms with Crippen molar-refractivity contribution in [2.24, 2.45) is 11.8 Å². The lowest BCUT2D eigenvalue weighted by Crippen LogP contribution is -2.13. The van der Waals surface area contributed by atoms with Crippen LogP contribution in [0.5, 0.6) is 17.2 Å². The summed E-state index contributed by atoms with van der Waals surface area (Å²) in [6, 6.07) is 12.1. The predicted molar refractivity (Wildman–Crippen MR) is 98.1 cm³/mol. The zero-order valence-corrected chi connectivity index (χ0v) is 15.3. The normalized spacial score (nSPS) is 13.4. The molecular formula is C21H28O3. The lowest BCUT2D eigenvalue weighted by molar-refractivity contribution is 0.368. The van der Waals surface area contributed by atoms with Crippen molar-refractivity contribution in [2.45, 2.75) is 33.6 Å². The highest BCUT2D eigenvalue weighted by Crippen LogP contribution is 2.29. The molecule has 0 radical (unpaired) electrons.